The number of pyridine rings is 1. The fraction of sp³-hybridized carbons (Fsp3) is 0.0909. The molecule has 0 aliphatic heterocycles. The van der Waals surface area contributed by atoms with Gasteiger partial charge in [-0.05, 0) is 24.3 Å². The van der Waals surface area contributed by atoms with Crippen LogP contribution in [0.3, 0.4) is 0 Å². The van der Waals surface area contributed by atoms with Crippen LogP contribution in [0.15, 0.2) is 41.3 Å². The third kappa shape index (κ3) is 4.28. The average Bonchev–Trinajstić information content (AvgIpc) is 2.81. The molecule has 8 nitrogen and oxygen atoms in total. The van der Waals surface area contributed by atoms with Gasteiger partial charge in [0.1, 0.15) is 11.6 Å². The summed E-state index contributed by atoms with van der Waals surface area (Å²) in [6, 6.07) is 3.09. The van der Waals surface area contributed by atoms with Gasteiger partial charge >= 0.3 is 6.18 Å². The van der Waals surface area contributed by atoms with Gasteiger partial charge in [0.05, 0.1) is 35.5 Å². The molecule has 2 aromatic carbocycles. The van der Waals surface area contributed by atoms with Gasteiger partial charge in [-0.2, -0.15) is 22.7 Å². The summed E-state index contributed by atoms with van der Waals surface area (Å²) < 4.78 is 92.6. The van der Waals surface area contributed by atoms with Crippen LogP contribution in [0.4, 0.5) is 26.3 Å². The van der Waals surface area contributed by atoms with E-state index in [-0.39, 0.29) is 22.7 Å². The van der Waals surface area contributed by atoms with Crippen molar-refractivity contribution >= 4 is 16.8 Å². The zero-order valence-corrected chi connectivity index (χ0v) is 17.8. The molecular formula is C22H12F6N4O4. The van der Waals surface area contributed by atoms with Gasteiger partial charge in [-0.15, -0.1) is 5.10 Å². The first kappa shape index (κ1) is 24.5. The standard InChI is InChI=1S/C22H12F6N4O4/c1-35-20-15(3-2-10(23)18(20)25)36-16-5-9(22(26,27)28)11(24)4-8(16)12-6-14(33)17-13(31-12)7-30-32-19(17)21(29)34/h2-7H,1H3,(H2,29,34)(H,31,33). The Morgan fingerprint density at radius 3 is 2.42 bits per heavy atom. The number of primary amides is 1. The van der Waals surface area contributed by atoms with Gasteiger partial charge in [0, 0.05) is 11.6 Å². The summed E-state index contributed by atoms with van der Waals surface area (Å²) in [5.74, 6) is -7.59. The summed E-state index contributed by atoms with van der Waals surface area (Å²) in [5, 5.41) is 6.77. The van der Waals surface area contributed by atoms with Crippen LogP contribution < -0.4 is 20.6 Å². The van der Waals surface area contributed by atoms with E-state index in [9.17, 15) is 35.9 Å². The number of amides is 1. The van der Waals surface area contributed by atoms with Crippen LogP contribution in [0.2, 0.25) is 0 Å². The van der Waals surface area contributed by atoms with Crippen LogP contribution >= 0.6 is 0 Å². The quantitative estimate of drug-likeness (QED) is 0.386. The van der Waals surface area contributed by atoms with E-state index >= 15 is 0 Å². The zero-order chi connectivity index (χ0) is 26.4. The highest BCUT2D eigenvalue weighted by molar-refractivity contribution is 6.03. The summed E-state index contributed by atoms with van der Waals surface area (Å²) in [5.41, 5.74) is 1.37. The molecule has 4 rings (SSSR count). The number of rotatable bonds is 5. The highest BCUT2D eigenvalue weighted by atomic mass is 19.4. The molecule has 36 heavy (non-hydrogen) atoms. The lowest BCUT2D eigenvalue weighted by Crippen LogP contribution is -2.18. The normalized spacial score (nSPS) is 11.5. The fourth-order valence-electron chi connectivity index (χ4n) is 3.40. The highest BCUT2D eigenvalue weighted by Crippen LogP contribution is 2.43. The summed E-state index contributed by atoms with van der Waals surface area (Å²) in [4.78, 5) is 27.0. The van der Waals surface area contributed by atoms with E-state index in [0.29, 0.717) is 12.1 Å². The molecule has 0 saturated carbocycles. The lowest BCUT2D eigenvalue weighted by atomic mass is 10.0. The molecule has 186 valence electrons. The number of benzene rings is 2. The van der Waals surface area contributed by atoms with Crippen molar-refractivity contribution in [3.63, 3.8) is 0 Å². The number of nitrogens with zero attached hydrogens (tertiary/aromatic N) is 2. The summed E-state index contributed by atoms with van der Waals surface area (Å²) in [6.45, 7) is 0. The van der Waals surface area contributed by atoms with E-state index in [1.165, 1.54) is 0 Å². The van der Waals surface area contributed by atoms with E-state index in [4.69, 9.17) is 15.2 Å². The molecule has 2 aromatic heterocycles. The van der Waals surface area contributed by atoms with E-state index in [2.05, 4.69) is 15.2 Å². The molecular weight excluding hydrogens is 498 g/mol. The molecule has 0 atom stereocenters. The van der Waals surface area contributed by atoms with Gasteiger partial charge in [0.2, 0.25) is 11.6 Å². The van der Waals surface area contributed by atoms with Gasteiger partial charge in [-0.25, -0.2) is 8.78 Å². The fourth-order valence-corrected chi connectivity index (χ4v) is 3.40. The number of aromatic nitrogens is 3. The Balaban J connectivity index is 1.99. The number of aromatic amines is 1. The Hall–Kier alpha value is -4.62. The summed E-state index contributed by atoms with van der Waals surface area (Å²) >= 11 is 0. The maximum atomic E-state index is 14.5. The molecule has 0 aliphatic rings. The summed E-state index contributed by atoms with van der Waals surface area (Å²) in [6.07, 6.45) is -4.12. The van der Waals surface area contributed by atoms with Gasteiger partial charge in [-0.1, -0.05) is 0 Å². The number of hydrogen-bond acceptors (Lipinski definition) is 6. The second kappa shape index (κ2) is 8.87. The van der Waals surface area contributed by atoms with Crippen molar-refractivity contribution in [2.24, 2.45) is 5.73 Å². The number of alkyl halides is 3. The van der Waals surface area contributed by atoms with E-state index < -0.39 is 69.0 Å². The third-order valence-corrected chi connectivity index (χ3v) is 4.98. The zero-order valence-electron chi connectivity index (χ0n) is 17.8. The predicted molar refractivity (Wildman–Crippen MR) is 112 cm³/mol. The number of carbonyl (C=O) groups is 1. The maximum Gasteiger partial charge on any atom is 0.419 e. The number of hydrogen-bond donors (Lipinski definition) is 2. The Kier molecular flexibility index (Phi) is 6.04. The lowest BCUT2D eigenvalue weighted by molar-refractivity contribution is -0.140. The Morgan fingerprint density at radius 1 is 1.06 bits per heavy atom. The Labute approximate surface area is 196 Å². The molecule has 1 amide bonds. The van der Waals surface area contributed by atoms with Crippen LogP contribution in [0.5, 0.6) is 17.2 Å². The number of fused-ring (bicyclic) bond motifs is 1. The molecule has 0 spiro atoms. The van der Waals surface area contributed by atoms with Crippen molar-refractivity contribution in [2.75, 3.05) is 7.11 Å². The largest absolute Gasteiger partial charge is 0.490 e. The molecule has 0 saturated heterocycles. The molecule has 0 aliphatic carbocycles. The minimum Gasteiger partial charge on any atom is -0.490 e. The van der Waals surface area contributed by atoms with Crippen LogP contribution in [0.25, 0.3) is 22.2 Å². The first-order chi connectivity index (χ1) is 16.9. The second-order valence-corrected chi connectivity index (χ2v) is 7.21. The van der Waals surface area contributed by atoms with Crippen molar-refractivity contribution in [3.8, 4) is 28.5 Å². The molecule has 3 N–H and O–H groups in total. The maximum absolute atomic E-state index is 14.5. The number of nitrogens with one attached hydrogen (secondary N) is 1. The number of ether oxygens (including phenoxy) is 2. The van der Waals surface area contributed by atoms with Crippen molar-refractivity contribution in [1.82, 2.24) is 15.2 Å². The number of H-pyrrole nitrogens is 1. The van der Waals surface area contributed by atoms with Crippen molar-refractivity contribution in [2.45, 2.75) is 6.18 Å². The molecule has 4 aromatic rings. The number of halogens is 6. The molecule has 0 unspecified atom stereocenters. The topological polar surface area (TPSA) is 120 Å². The van der Waals surface area contributed by atoms with E-state index in [1.54, 1.807) is 0 Å². The van der Waals surface area contributed by atoms with E-state index in [0.717, 1.165) is 25.4 Å². The monoisotopic (exact) mass is 510 g/mol. The second-order valence-electron chi connectivity index (χ2n) is 7.21. The Morgan fingerprint density at radius 2 is 1.78 bits per heavy atom. The smallest absolute Gasteiger partial charge is 0.419 e. The number of nitrogens with two attached hydrogens (primary N) is 1. The lowest BCUT2D eigenvalue weighted by Gasteiger charge is -2.17. The first-order valence-electron chi connectivity index (χ1n) is 9.71. The van der Waals surface area contributed by atoms with Crippen LogP contribution in [-0.2, 0) is 6.18 Å². The highest BCUT2D eigenvalue weighted by Gasteiger charge is 2.36. The number of carbonyl (C=O) groups excluding carboxylic acids is 1. The number of methoxy groups -OCH3 is 1. The first-order valence-corrected chi connectivity index (χ1v) is 9.71. The van der Waals surface area contributed by atoms with E-state index in [1.807, 2.05) is 0 Å². The van der Waals surface area contributed by atoms with Crippen molar-refractivity contribution in [3.05, 3.63) is 75.5 Å². The predicted octanol–water partition coefficient (Wildman–Crippen LogP) is 4.32. The van der Waals surface area contributed by atoms with Crippen molar-refractivity contribution in [1.29, 1.82) is 0 Å². The minimum absolute atomic E-state index is 0.0991. The van der Waals surface area contributed by atoms with Crippen LogP contribution in [0, 0.1) is 17.5 Å². The van der Waals surface area contributed by atoms with Crippen LogP contribution in [-0.4, -0.2) is 28.2 Å². The SMILES string of the molecule is COc1c(Oc2cc(C(F)(F)F)c(F)cc2-c2cc(=O)c3c(C(N)=O)nncc3[nH]2)ccc(F)c1F. The molecule has 2 heterocycles. The molecule has 0 radical (unpaired) electrons. The molecule has 14 heteroatoms. The van der Waals surface area contributed by atoms with Gasteiger partial charge in [0.25, 0.3) is 5.91 Å². The third-order valence-electron chi connectivity index (χ3n) is 4.98. The molecule has 0 bridgehead atoms. The Bertz CT molecular complexity index is 1590. The average molecular weight is 510 g/mol. The van der Waals surface area contributed by atoms with Gasteiger partial charge in [-0.3, -0.25) is 9.59 Å². The molecule has 0 fully saturated rings. The summed E-state index contributed by atoms with van der Waals surface area (Å²) in [7, 11) is 0.968. The van der Waals surface area contributed by atoms with Crippen LogP contribution in [0.1, 0.15) is 16.1 Å². The van der Waals surface area contributed by atoms with Crippen molar-refractivity contribution < 1.29 is 40.6 Å². The van der Waals surface area contributed by atoms with Gasteiger partial charge in [0.15, 0.2) is 22.7 Å². The minimum atomic E-state index is -5.15. The van der Waals surface area contributed by atoms with Gasteiger partial charge < -0.3 is 20.2 Å².